The molecular weight excluding hydrogens is 341 g/mol. The summed E-state index contributed by atoms with van der Waals surface area (Å²) in [5, 5.41) is 12.7. The molecule has 1 aromatic carbocycles. The number of carboxylic acids is 1. The van der Waals surface area contributed by atoms with Crippen LogP contribution in [0.5, 0.6) is 0 Å². The summed E-state index contributed by atoms with van der Waals surface area (Å²) in [6, 6.07) is 4.51. The Morgan fingerprint density at radius 2 is 2.09 bits per heavy atom. The Bertz CT molecular complexity index is 602. The molecule has 23 heavy (non-hydrogen) atoms. The molecule has 2 atom stereocenters. The minimum absolute atomic E-state index is 0.143. The van der Waals surface area contributed by atoms with Crippen LogP contribution in [-0.2, 0) is 19.9 Å². The summed E-state index contributed by atoms with van der Waals surface area (Å²) >= 11 is 11.8. The highest BCUT2D eigenvalue weighted by Gasteiger charge is 2.37. The van der Waals surface area contributed by atoms with Gasteiger partial charge in [-0.3, -0.25) is 4.79 Å². The molecule has 0 aromatic heterocycles. The SMILES string of the molecule is CC(NC(=O)CC1CCCCO1)(C(=O)O)c1ccc(Cl)c(Cl)c1. The van der Waals surface area contributed by atoms with Crippen molar-refractivity contribution in [2.45, 2.75) is 44.2 Å². The molecule has 0 radical (unpaired) electrons. The summed E-state index contributed by atoms with van der Waals surface area (Å²) in [7, 11) is 0. The molecule has 1 aromatic rings. The predicted octanol–water partition coefficient (Wildman–Crippen LogP) is 3.37. The van der Waals surface area contributed by atoms with Crippen LogP contribution in [0.1, 0.15) is 38.2 Å². The van der Waals surface area contributed by atoms with Crippen molar-refractivity contribution in [2.75, 3.05) is 6.61 Å². The highest BCUT2D eigenvalue weighted by atomic mass is 35.5. The van der Waals surface area contributed by atoms with Crippen LogP contribution in [0, 0.1) is 0 Å². The highest BCUT2D eigenvalue weighted by Crippen LogP contribution is 2.29. The van der Waals surface area contributed by atoms with Crippen molar-refractivity contribution in [3.05, 3.63) is 33.8 Å². The molecule has 1 amide bonds. The molecule has 1 aliphatic heterocycles. The first-order valence-electron chi connectivity index (χ1n) is 7.44. The van der Waals surface area contributed by atoms with E-state index in [2.05, 4.69) is 5.32 Å². The fourth-order valence-corrected chi connectivity index (χ4v) is 2.86. The van der Waals surface area contributed by atoms with Crippen LogP contribution < -0.4 is 5.32 Å². The van der Waals surface area contributed by atoms with Gasteiger partial charge in [-0.2, -0.15) is 0 Å². The predicted molar refractivity (Wildman–Crippen MR) is 87.8 cm³/mol. The quantitative estimate of drug-likeness (QED) is 0.844. The summed E-state index contributed by atoms with van der Waals surface area (Å²) in [4.78, 5) is 24.0. The molecule has 0 bridgehead atoms. The Balaban J connectivity index is 2.14. The number of carbonyl (C=O) groups excluding carboxylic acids is 1. The molecular formula is C16H19Cl2NO4. The van der Waals surface area contributed by atoms with Gasteiger partial charge in [-0.1, -0.05) is 29.3 Å². The summed E-state index contributed by atoms with van der Waals surface area (Å²) in [6.07, 6.45) is 2.80. The number of ether oxygens (including phenoxy) is 1. The zero-order valence-corrected chi connectivity index (χ0v) is 14.3. The highest BCUT2D eigenvalue weighted by molar-refractivity contribution is 6.42. The Morgan fingerprint density at radius 3 is 2.65 bits per heavy atom. The lowest BCUT2D eigenvalue weighted by Crippen LogP contribution is -2.50. The molecule has 0 aliphatic carbocycles. The number of hydrogen-bond donors (Lipinski definition) is 2. The Kier molecular flexibility index (Phi) is 5.89. The first kappa shape index (κ1) is 18.0. The normalized spacial score (nSPS) is 20.6. The molecule has 2 rings (SSSR count). The third kappa shape index (κ3) is 4.37. The van der Waals surface area contributed by atoms with E-state index in [9.17, 15) is 14.7 Å². The van der Waals surface area contributed by atoms with E-state index in [4.69, 9.17) is 27.9 Å². The maximum absolute atomic E-state index is 12.2. The maximum atomic E-state index is 12.2. The molecule has 126 valence electrons. The second kappa shape index (κ2) is 7.51. The van der Waals surface area contributed by atoms with Gasteiger partial charge in [0, 0.05) is 6.61 Å². The topological polar surface area (TPSA) is 75.6 Å². The van der Waals surface area contributed by atoms with Crippen molar-refractivity contribution < 1.29 is 19.4 Å². The van der Waals surface area contributed by atoms with Crippen LogP contribution in [0.4, 0.5) is 0 Å². The summed E-state index contributed by atoms with van der Waals surface area (Å²) < 4.78 is 5.52. The van der Waals surface area contributed by atoms with Gasteiger partial charge in [0.2, 0.25) is 5.91 Å². The van der Waals surface area contributed by atoms with E-state index in [-0.39, 0.29) is 23.5 Å². The van der Waals surface area contributed by atoms with Crippen molar-refractivity contribution in [2.24, 2.45) is 0 Å². The third-order valence-electron chi connectivity index (χ3n) is 4.00. The smallest absolute Gasteiger partial charge is 0.333 e. The number of aliphatic carboxylic acids is 1. The van der Waals surface area contributed by atoms with Gasteiger partial charge in [0.15, 0.2) is 5.54 Å². The van der Waals surface area contributed by atoms with Gasteiger partial charge < -0.3 is 15.2 Å². The lowest BCUT2D eigenvalue weighted by Gasteiger charge is -2.29. The number of hydrogen-bond acceptors (Lipinski definition) is 3. The molecule has 2 unspecified atom stereocenters. The van der Waals surface area contributed by atoms with Gasteiger partial charge >= 0.3 is 5.97 Å². The molecule has 1 aliphatic rings. The van der Waals surface area contributed by atoms with Crippen LogP contribution in [-0.4, -0.2) is 29.7 Å². The molecule has 1 heterocycles. The Morgan fingerprint density at radius 1 is 1.35 bits per heavy atom. The summed E-state index contributed by atoms with van der Waals surface area (Å²) in [6.45, 7) is 2.06. The van der Waals surface area contributed by atoms with E-state index in [0.29, 0.717) is 17.2 Å². The number of halogens is 2. The van der Waals surface area contributed by atoms with Crippen molar-refractivity contribution in [1.82, 2.24) is 5.32 Å². The number of carbonyl (C=O) groups is 2. The zero-order valence-electron chi connectivity index (χ0n) is 12.8. The molecule has 5 nitrogen and oxygen atoms in total. The largest absolute Gasteiger partial charge is 0.479 e. The van der Waals surface area contributed by atoms with Crippen molar-refractivity contribution >= 4 is 35.1 Å². The first-order chi connectivity index (χ1) is 10.8. The second-order valence-corrected chi connectivity index (χ2v) is 6.61. The lowest BCUT2D eigenvalue weighted by molar-refractivity contribution is -0.148. The average Bonchev–Trinajstić information content (AvgIpc) is 2.50. The van der Waals surface area contributed by atoms with Gasteiger partial charge in [0.25, 0.3) is 0 Å². The molecule has 1 fully saturated rings. The van der Waals surface area contributed by atoms with E-state index in [1.807, 2.05) is 0 Å². The van der Waals surface area contributed by atoms with E-state index in [1.165, 1.54) is 19.1 Å². The van der Waals surface area contributed by atoms with Gasteiger partial charge in [-0.25, -0.2) is 4.79 Å². The van der Waals surface area contributed by atoms with Crippen LogP contribution in [0.2, 0.25) is 10.0 Å². The monoisotopic (exact) mass is 359 g/mol. The van der Waals surface area contributed by atoms with Crippen LogP contribution >= 0.6 is 23.2 Å². The number of nitrogens with one attached hydrogen (secondary N) is 1. The van der Waals surface area contributed by atoms with Gasteiger partial charge in [-0.05, 0) is 43.9 Å². The molecule has 2 N–H and O–H groups in total. The van der Waals surface area contributed by atoms with E-state index < -0.39 is 11.5 Å². The van der Waals surface area contributed by atoms with E-state index in [1.54, 1.807) is 6.07 Å². The fourth-order valence-electron chi connectivity index (χ4n) is 2.56. The minimum Gasteiger partial charge on any atom is -0.479 e. The zero-order chi connectivity index (χ0) is 17.0. The summed E-state index contributed by atoms with van der Waals surface area (Å²) in [5.41, 5.74) is -1.22. The summed E-state index contributed by atoms with van der Waals surface area (Å²) in [5.74, 6) is -1.54. The molecule has 0 spiro atoms. The van der Waals surface area contributed by atoms with E-state index in [0.717, 1.165) is 19.3 Å². The standard InChI is InChI=1S/C16H19Cl2NO4/c1-16(15(21)22,10-5-6-12(17)13(18)8-10)19-14(20)9-11-4-2-3-7-23-11/h5-6,8,11H,2-4,7,9H2,1H3,(H,19,20)(H,21,22). The molecule has 7 heteroatoms. The van der Waals surface area contributed by atoms with Crippen LogP contribution in [0.3, 0.4) is 0 Å². The lowest BCUT2D eigenvalue weighted by atomic mass is 9.91. The maximum Gasteiger partial charge on any atom is 0.333 e. The van der Waals surface area contributed by atoms with Crippen molar-refractivity contribution in [1.29, 1.82) is 0 Å². The number of amides is 1. The Labute approximate surface area is 144 Å². The molecule has 1 saturated heterocycles. The van der Waals surface area contributed by atoms with Gasteiger partial charge in [0.1, 0.15) is 0 Å². The van der Waals surface area contributed by atoms with Crippen LogP contribution in [0.15, 0.2) is 18.2 Å². The number of benzene rings is 1. The number of carboxylic acid groups (broad SMARTS) is 1. The van der Waals surface area contributed by atoms with Gasteiger partial charge in [-0.15, -0.1) is 0 Å². The van der Waals surface area contributed by atoms with Gasteiger partial charge in [0.05, 0.1) is 22.6 Å². The first-order valence-corrected chi connectivity index (χ1v) is 8.20. The van der Waals surface area contributed by atoms with Crippen LogP contribution in [0.25, 0.3) is 0 Å². The van der Waals surface area contributed by atoms with Crippen molar-refractivity contribution in [3.8, 4) is 0 Å². The third-order valence-corrected chi connectivity index (χ3v) is 4.74. The van der Waals surface area contributed by atoms with Crippen molar-refractivity contribution in [3.63, 3.8) is 0 Å². The fraction of sp³-hybridized carbons (Fsp3) is 0.500. The van der Waals surface area contributed by atoms with E-state index >= 15 is 0 Å². The Hall–Kier alpha value is -1.30. The second-order valence-electron chi connectivity index (χ2n) is 5.80. The average molecular weight is 360 g/mol. The molecule has 0 saturated carbocycles. The number of rotatable bonds is 5. The minimum atomic E-state index is -1.58.